The molecule has 3 N–H and O–H groups in total. The molecule has 166 valence electrons. The maximum Gasteiger partial charge on any atom is 0.255 e. The van der Waals surface area contributed by atoms with Crippen LogP contribution in [0.3, 0.4) is 0 Å². The van der Waals surface area contributed by atoms with Crippen LogP contribution >= 0.6 is 0 Å². The number of hydrogen-bond donors (Lipinski definition) is 3. The van der Waals surface area contributed by atoms with Crippen LogP contribution in [0.5, 0.6) is 0 Å². The Morgan fingerprint density at radius 1 is 1.16 bits per heavy atom. The zero-order chi connectivity index (χ0) is 21.4. The Bertz CT molecular complexity index is 887. The molecule has 4 aliphatic rings. The Balaban J connectivity index is 1.31. The zero-order valence-electron chi connectivity index (χ0n) is 17.7. The molecule has 1 aromatic rings. The number of nitrogens with one attached hydrogen (secondary N) is 3. The lowest BCUT2D eigenvalue weighted by atomic mass is 9.80. The number of amides is 3. The molecule has 4 aliphatic heterocycles. The van der Waals surface area contributed by atoms with Crippen LogP contribution in [0.2, 0.25) is 0 Å². The third kappa shape index (κ3) is 3.77. The fourth-order valence-corrected chi connectivity index (χ4v) is 5.61. The number of nitrogens with zero attached hydrogens (tertiary/aromatic N) is 1. The molecule has 0 saturated carbocycles. The van der Waals surface area contributed by atoms with E-state index in [9.17, 15) is 14.4 Å². The molecule has 3 amide bonds. The topological polar surface area (TPSA) is 99.8 Å². The zero-order valence-corrected chi connectivity index (χ0v) is 17.7. The standard InChI is InChI=1S/C23H30N4O4/c28-20-7-6-18(21(29)26-20)27-14-17-15(3-1-4-16(17)22(27)30)13-25-19-5-2-12-31-23(19)8-10-24-11-9-23/h1,3-4,18-19,24-25H,2,5-14H2,(H,26,28,29). The summed E-state index contributed by atoms with van der Waals surface area (Å²) >= 11 is 0. The van der Waals surface area contributed by atoms with Crippen LogP contribution in [0.4, 0.5) is 0 Å². The Labute approximate surface area is 182 Å². The summed E-state index contributed by atoms with van der Waals surface area (Å²) in [6.07, 6.45) is 4.83. The van der Waals surface area contributed by atoms with Crippen molar-refractivity contribution in [2.24, 2.45) is 0 Å². The van der Waals surface area contributed by atoms with E-state index in [0.717, 1.165) is 56.5 Å². The molecule has 3 saturated heterocycles. The number of imide groups is 1. The predicted molar refractivity (Wildman–Crippen MR) is 113 cm³/mol. The van der Waals surface area contributed by atoms with Gasteiger partial charge in [0.25, 0.3) is 5.91 Å². The fourth-order valence-electron chi connectivity index (χ4n) is 5.61. The minimum Gasteiger partial charge on any atom is -0.373 e. The first kappa shape index (κ1) is 20.6. The molecule has 8 nitrogen and oxygen atoms in total. The third-order valence-electron chi connectivity index (χ3n) is 7.33. The second-order valence-corrected chi connectivity index (χ2v) is 9.08. The van der Waals surface area contributed by atoms with Crippen molar-refractivity contribution in [3.05, 3.63) is 34.9 Å². The first-order valence-electron chi connectivity index (χ1n) is 11.4. The number of fused-ring (bicyclic) bond motifs is 1. The number of benzene rings is 1. The van der Waals surface area contributed by atoms with Gasteiger partial charge in [-0.3, -0.25) is 19.7 Å². The van der Waals surface area contributed by atoms with E-state index in [1.165, 1.54) is 0 Å². The Morgan fingerprint density at radius 2 is 2.00 bits per heavy atom. The van der Waals surface area contributed by atoms with E-state index in [2.05, 4.69) is 22.0 Å². The van der Waals surface area contributed by atoms with Gasteiger partial charge in [-0.25, -0.2) is 0 Å². The molecular weight excluding hydrogens is 396 g/mol. The van der Waals surface area contributed by atoms with Crippen LogP contribution in [0, 0.1) is 0 Å². The van der Waals surface area contributed by atoms with Crippen molar-refractivity contribution in [2.75, 3.05) is 19.7 Å². The lowest BCUT2D eigenvalue weighted by Gasteiger charge is -2.47. The second kappa shape index (κ2) is 8.33. The highest BCUT2D eigenvalue weighted by atomic mass is 16.5. The summed E-state index contributed by atoms with van der Waals surface area (Å²) in [5, 5.41) is 9.54. The molecule has 31 heavy (non-hydrogen) atoms. The van der Waals surface area contributed by atoms with E-state index in [-0.39, 0.29) is 29.7 Å². The molecule has 4 heterocycles. The van der Waals surface area contributed by atoms with Gasteiger partial charge in [0.05, 0.1) is 5.60 Å². The van der Waals surface area contributed by atoms with Crippen molar-refractivity contribution in [3.63, 3.8) is 0 Å². The Hall–Kier alpha value is -2.29. The van der Waals surface area contributed by atoms with Gasteiger partial charge < -0.3 is 20.3 Å². The van der Waals surface area contributed by atoms with Crippen LogP contribution in [-0.4, -0.2) is 60.0 Å². The predicted octanol–water partition coefficient (Wildman–Crippen LogP) is 0.838. The van der Waals surface area contributed by atoms with Gasteiger partial charge in [-0.1, -0.05) is 12.1 Å². The summed E-state index contributed by atoms with van der Waals surface area (Å²) in [5.74, 6) is -0.761. The number of hydrogen-bond acceptors (Lipinski definition) is 6. The van der Waals surface area contributed by atoms with E-state index in [0.29, 0.717) is 31.1 Å². The Kier molecular flexibility index (Phi) is 5.54. The van der Waals surface area contributed by atoms with E-state index < -0.39 is 6.04 Å². The number of carbonyl (C=O) groups excluding carboxylic acids is 3. The molecule has 2 atom stereocenters. The van der Waals surface area contributed by atoms with Crippen molar-refractivity contribution in [3.8, 4) is 0 Å². The minimum absolute atomic E-state index is 0.101. The van der Waals surface area contributed by atoms with Crippen LogP contribution < -0.4 is 16.0 Å². The van der Waals surface area contributed by atoms with Crippen LogP contribution in [-0.2, 0) is 27.4 Å². The van der Waals surface area contributed by atoms with Gasteiger partial charge in [0, 0.05) is 37.7 Å². The van der Waals surface area contributed by atoms with Crippen molar-refractivity contribution in [1.82, 2.24) is 20.9 Å². The van der Waals surface area contributed by atoms with E-state index >= 15 is 0 Å². The van der Waals surface area contributed by atoms with Crippen molar-refractivity contribution < 1.29 is 19.1 Å². The van der Waals surface area contributed by atoms with Gasteiger partial charge in [0.15, 0.2) is 0 Å². The summed E-state index contributed by atoms with van der Waals surface area (Å²) in [7, 11) is 0. The second-order valence-electron chi connectivity index (χ2n) is 9.08. The molecule has 2 unspecified atom stereocenters. The molecule has 5 rings (SSSR count). The minimum atomic E-state index is -0.580. The smallest absolute Gasteiger partial charge is 0.255 e. The van der Waals surface area contributed by atoms with Crippen molar-refractivity contribution in [1.29, 1.82) is 0 Å². The van der Waals surface area contributed by atoms with Gasteiger partial charge in [0.2, 0.25) is 11.8 Å². The lowest BCUT2D eigenvalue weighted by Crippen LogP contribution is -2.59. The van der Waals surface area contributed by atoms with E-state index in [4.69, 9.17) is 4.74 Å². The molecule has 0 aromatic heterocycles. The monoisotopic (exact) mass is 426 g/mol. The molecule has 8 heteroatoms. The maximum atomic E-state index is 13.0. The highest BCUT2D eigenvalue weighted by molar-refractivity contribution is 6.05. The van der Waals surface area contributed by atoms with Crippen LogP contribution in [0.15, 0.2) is 18.2 Å². The fraction of sp³-hybridized carbons (Fsp3) is 0.609. The molecule has 1 spiro atoms. The van der Waals surface area contributed by atoms with Gasteiger partial charge in [-0.05, 0) is 62.4 Å². The molecule has 0 aliphatic carbocycles. The first-order valence-corrected chi connectivity index (χ1v) is 11.4. The number of ether oxygens (including phenoxy) is 1. The SMILES string of the molecule is O=C1CCC(N2Cc3c(CNC4CCCOC45CCNCC5)cccc3C2=O)C(=O)N1. The van der Waals surface area contributed by atoms with Crippen LogP contribution in [0.25, 0.3) is 0 Å². The van der Waals surface area contributed by atoms with Gasteiger partial charge in [-0.2, -0.15) is 0 Å². The Morgan fingerprint density at radius 3 is 2.81 bits per heavy atom. The summed E-state index contributed by atoms with van der Waals surface area (Å²) < 4.78 is 6.30. The van der Waals surface area contributed by atoms with Crippen molar-refractivity contribution >= 4 is 17.7 Å². The average molecular weight is 427 g/mol. The quantitative estimate of drug-likeness (QED) is 0.617. The summed E-state index contributed by atoms with van der Waals surface area (Å²) in [4.78, 5) is 38.5. The van der Waals surface area contributed by atoms with Crippen LogP contribution in [0.1, 0.15) is 60.0 Å². The number of carbonyl (C=O) groups is 3. The van der Waals surface area contributed by atoms with Crippen molar-refractivity contribution in [2.45, 2.75) is 69.3 Å². The molecule has 3 fully saturated rings. The highest BCUT2D eigenvalue weighted by Gasteiger charge is 2.43. The normalized spacial score (nSPS) is 28.0. The summed E-state index contributed by atoms with van der Waals surface area (Å²) in [5.41, 5.74) is 2.65. The molecule has 0 bridgehead atoms. The molecule has 1 aromatic carbocycles. The number of piperidine rings is 2. The third-order valence-corrected chi connectivity index (χ3v) is 7.33. The molecular formula is C23H30N4O4. The summed E-state index contributed by atoms with van der Waals surface area (Å²) in [6, 6.07) is 5.53. The van der Waals surface area contributed by atoms with Gasteiger partial charge >= 0.3 is 0 Å². The number of rotatable bonds is 4. The summed E-state index contributed by atoms with van der Waals surface area (Å²) in [6.45, 7) is 3.87. The largest absolute Gasteiger partial charge is 0.373 e. The van der Waals surface area contributed by atoms with Gasteiger partial charge in [-0.15, -0.1) is 0 Å². The molecule has 0 radical (unpaired) electrons. The highest BCUT2D eigenvalue weighted by Crippen LogP contribution is 2.34. The maximum absolute atomic E-state index is 13.0. The van der Waals surface area contributed by atoms with Gasteiger partial charge in [0.1, 0.15) is 6.04 Å². The average Bonchev–Trinajstić information content (AvgIpc) is 3.11. The lowest BCUT2D eigenvalue weighted by molar-refractivity contribution is -0.136. The first-order chi connectivity index (χ1) is 15.1. The van der Waals surface area contributed by atoms with E-state index in [1.807, 2.05) is 12.1 Å². The van der Waals surface area contributed by atoms with E-state index in [1.54, 1.807) is 4.90 Å².